The molecule has 0 aromatic heterocycles. The average Bonchev–Trinajstić information content (AvgIpc) is 2.17. The van der Waals surface area contributed by atoms with Gasteiger partial charge in [0.2, 0.25) is 0 Å². The topological polar surface area (TPSA) is 49.4 Å². The molecule has 0 heterocycles. The monoisotopic (exact) mass is 200 g/mol. The molecule has 0 fully saturated rings. The fraction of sp³-hybridized carbons (Fsp3) is 0.364. The van der Waals surface area contributed by atoms with E-state index >= 15 is 0 Å². The molecule has 0 atom stereocenters. The SMILES string of the molecule is CCCc1ccc(OCC(=O)[O-])cc1.[Li+]. The van der Waals surface area contributed by atoms with E-state index in [0.717, 1.165) is 12.8 Å². The number of carbonyl (C=O) groups excluding carboxylic acids is 1. The summed E-state index contributed by atoms with van der Waals surface area (Å²) in [5, 5.41) is 10.1. The molecule has 0 amide bonds. The Kier molecular flexibility index (Phi) is 6.94. The van der Waals surface area contributed by atoms with Crippen LogP contribution in [0.15, 0.2) is 24.3 Å². The fourth-order valence-electron chi connectivity index (χ4n) is 1.18. The van der Waals surface area contributed by atoms with Crippen molar-refractivity contribution in [1.82, 2.24) is 0 Å². The minimum atomic E-state index is -1.21. The van der Waals surface area contributed by atoms with Crippen molar-refractivity contribution in [3.8, 4) is 5.75 Å². The van der Waals surface area contributed by atoms with E-state index in [-0.39, 0.29) is 18.9 Å². The summed E-state index contributed by atoms with van der Waals surface area (Å²) in [6, 6.07) is 7.42. The molecular formula is C11H13LiO3. The summed E-state index contributed by atoms with van der Waals surface area (Å²) in [4.78, 5) is 10.1. The van der Waals surface area contributed by atoms with Gasteiger partial charge < -0.3 is 14.6 Å². The van der Waals surface area contributed by atoms with Crippen LogP contribution in [-0.4, -0.2) is 12.6 Å². The Morgan fingerprint density at radius 3 is 2.40 bits per heavy atom. The van der Waals surface area contributed by atoms with Gasteiger partial charge in [0, 0.05) is 0 Å². The Labute approximate surface area is 102 Å². The zero-order valence-electron chi connectivity index (χ0n) is 9.16. The number of carbonyl (C=O) groups is 1. The molecule has 0 saturated heterocycles. The van der Waals surface area contributed by atoms with Gasteiger partial charge in [-0.15, -0.1) is 0 Å². The predicted octanol–water partition coefficient (Wildman–Crippen LogP) is -2.23. The molecular weight excluding hydrogens is 187 g/mol. The minimum Gasteiger partial charge on any atom is -0.546 e. The van der Waals surface area contributed by atoms with Crippen molar-refractivity contribution >= 4 is 5.97 Å². The summed E-state index contributed by atoms with van der Waals surface area (Å²) < 4.78 is 4.94. The third-order valence-corrected chi connectivity index (χ3v) is 1.82. The Balaban J connectivity index is 0.00000196. The quantitative estimate of drug-likeness (QED) is 0.505. The second kappa shape index (κ2) is 7.39. The Morgan fingerprint density at radius 1 is 1.33 bits per heavy atom. The second-order valence-corrected chi connectivity index (χ2v) is 3.05. The smallest absolute Gasteiger partial charge is 0.546 e. The summed E-state index contributed by atoms with van der Waals surface area (Å²) in [6.45, 7) is 1.72. The van der Waals surface area contributed by atoms with E-state index in [0.29, 0.717) is 5.75 Å². The van der Waals surface area contributed by atoms with Crippen molar-refractivity contribution in [3.63, 3.8) is 0 Å². The molecule has 0 unspecified atom stereocenters. The number of hydrogen-bond donors (Lipinski definition) is 0. The van der Waals surface area contributed by atoms with Gasteiger partial charge in [-0.1, -0.05) is 25.5 Å². The number of carboxylic acids is 1. The van der Waals surface area contributed by atoms with Crippen LogP contribution in [0.4, 0.5) is 0 Å². The molecule has 0 aliphatic carbocycles. The molecule has 15 heavy (non-hydrogen) atoms. The first-order valence-electron chi connectivity index (χ1n) is 4.64. The van der Waals surface area contributed by atoms with Crippen molar-refractivity contribution in [1.29, 1.82) is 0 Å². The van der Waals surface area contributed by atoms with Gasteiger partial charge in [-0.2, -0.15) is 0 Å². The molecule has 4 heteroatoms. The van der Waals surface area contributed by atoms with Crippen molar-refractivity contribution < 1.29 is 33.5 Å². The van der Waals surface area contributed by atoms with E-state index in [9.17, 15) is 9.90 Å². The van der Waals surface area contributed by atoms with Crippen LogP contribution in [0.1, 0.15) is 18.9 Å². The number of carboxylic acid groups (broad SMARTS) is 1. The van der Waals surface area contributed by atoms with Crippen molar-refractivity contribution in [2.24, 2.45) is 0 Å². The largest absolute Gasteiger partial charge is 1.00 e. The van der Waals surface area contributed by atoms with Gasteiger partial charge in [0.05, 0.1) is 5.97 Å². The number of ether oxygens (including phenoxy) is 1. The molecule has 0 bridgehead atoms. The molecule has 76 valence electrons. The van der Waals surface area contributed by atoms with Gasteiger partial charge in [-0.3, -0.25) is 0 Å². The summed E-state index contributed by atoms with van der Waals surface area (Å²) in [7, 11) is 0. The Morgan fingerprint density at radius 2 is 1.93 bits per heavy atom. The maximum atomic E-state index is 10.1. The van der Waals surface area contributed by atoms with Crippen molar-refractivity contribution in [2.45, 2.75) is 19.8 Å². The van der Waals surface area contributed by atoms with Crippen LogP contribution < -0.4 is 28.7 Å². The number of aryl methyl sites for hydroxylation is 1. The van der Waals surface area contributed by atoms with Gasteiger partial charge in [-0.05, 0) is 24.1 Å². The maximum Gasteiger partial charge on any atom is 1.00 e. The van der Waals surface area contributed by atoms with Crippen LogP contribution in [0, 0.1) is 0 Å². The third kappa shape index (κ3) is 5.51. The second-order valence-electron chi connectivity index (χ2n) is 3.05. The summed E-state index contributed by atoms with van der Waals surface area (Å²) in [5.74, 6) is -0.642. The maximum absolute atomic E-state index is 10.1. The molecule has 0 aliphatic rings. The summed E-state index contributed by atoms with van der Waals surface area (Å²) >= 11 is 0. The Hall–Kier alpha value is -0.913. The number of rotatable bonds is 5. The standard InChI is InChI=1S/C11H14O3.Li/c1-2-3-9-4-6-10(7-5-9)14-8-11(12)13;/h4-7H,2-3,8H2,1H3,(H,12,13);/q;+1/p-1. The molecule has 1 aromatic rings. The molecule has 1 rings (SSSR count). The van der Waals surface area contributed by atoms with E-state index < -0.39 is 12.6 Å². The van der Waals surface area contributed by atoms with E-state index in [1.54, 1.807) is 12.1 Å². The molecule has 0 aliphatic heterocycles. The van der Waals surface area contributed by atoms with Crippen LogP contribution in [0.3, 0.4) is 0 Å². The van der Waals surface area contributed by atoms with E-state index in [1.807, 2.05) is 12.1 Å². The number of benzene rings is 1. The van der Waals surface area contributed by atoms with Gasteiger partial charge in [0.15, 0.2) is 0 Å². The zero-order valence-corrected chi connectivity index (χ0v) is 9.16. The van der Waals surface area contributed by atoms with Crippen LogP contribution >= 0.6 is 0 Å². The molecule has 0 spiro atoms. The van der Waals surface area contributed by atoms with Crippen molar-refractivity contribution in [2.75, 3.05) is 6.61 Å². The zero-order chi connectivity index (χ0) is 10.4. The van der Waals surface area contributed by atoms with Crippen LogP contribution in [-0.2, 0) is 11.2 Å². The van der Waals surface area contributed by atoms with Gasteiger partial charge in [0.25, 0.3) is 0 Å². The predicted molar refractivity (Wildman–Crippen MR) is 50.9 cm³/mol. The first-order valence-corrected chi connectivity index (χ1v) is 4.64. The summed E-state index contributed by atoms with van der Waals surface area (Å²) in [5.41, 5.74) is 1.23. The first kappa shape index (κ1) is 14.1. The van der Waals surface area contributed by atoms with Crippen molar-refractivity contribution in [3.05, 3.63) is 29.8 Å². The van der Waals surface area contributed by atoms with E-state index in [1.165, 1.54) is 5.56 Å². The van der Waals surface area contributed by atoms with Gasteiger partial charge >= 0.3 is 18.9 Å². The van der Waals surface area contributed by atoms with Crippen LogP contribution in [0.2, 0.25) is 0 Å². The Bertz CT molecular complexity index is 295. The van der Waals surface area contributed by atoms with Crippen LogP contribution in [0.25, 0.3) is 0 Å². The number of aliphatic carboxylic acids is 1. The molecule has 0 saturated carbocycles. The first-order chi connectivity index (χ1) is 6.72. The molecule has 1 aromatic carbocycles. The number of hydrogen-bond acceptors (Lipinski definition) is 3. The van der Waals surface area contributed by atoms with Gasteiger partial charge in [0.1, 0.15) is 12.4 Å². The molecule has 0 N–H and O–H groups in total. The average molecular weight is 200 g/mol. The molecule has 0 radical (unpaired) electrons. The minimum absolute atomic E-state index is 0. The van der Waals surface area contributed by atoms with E-state index in [2.05, 4.69) is 6.92 Å². The normalized spacial score (nSPS) is 9.13. The third-order valence-electron chi connectivity index (χ3n) is 1.82. The van der Waals surface area contributed by atoms with E-state index in [4.69, 9.17) is 4.74 Å². The van der Waals surface area contributed by atoms with Gasteiger partial charge in [-0.25, -0.2) is 0 Å². The molecule has 3 nitrogen and oxygen atoms in total. The van der Waals surface area contributed by atoms with Crippen LogP contribution in [0.5, 0.6) is 5.75 Å². The summed E-state index contributed by atoms with van der Waals surface area (Å²) in [6.07, 6.45) is 2.13. The fourth-order valence-corrected chi connectivity index (χ4v) is 1.18.